The summed E-state index contributed by atoms with van der Waals surface area (Å²) in [6.07, 6.45) is 6.28. The molecule has 0 aromatic heterocycles. The summed E-state index contributed by atoms with van der Waals surface area (Å²) in [7, 11) is 0. The minimum atomic E-state index is -0.433. The van der Waals surface area contributed by atoms with Gasteiger partial charge in [-0.15, -0.1) is 11.8 Å². The monoisotopic (exact) mass is 343 g/mol. The van der Waals surface area contributed by atoms with Crippen molar-refractivity contribution in [2.45, 2.75) is 67.4 Å². The molecule has 2 saturated heterocycles. The van der Waals surface area contributed by atoms with E-state index in [1.165, 1.54) is 23.3 Å². The molecule has 0 spiro atoms. The normalized spacial score (nSPS) is 36.3. The number of carbonyl (C=O) groups is 1. The standard InChI is InChI=1S/C20H25NO2S/c1-14-17(24-16-8-4-3-5-9-16)12-15-13-19(22)23-20(15,2)18-10-6-7-11-21(14)18/h3-5,8-9,13-14,17-18H,6-7,10-12H2,1-2H3/t14-,17?,18?,20-/m0/s1. The van der Waals surface area contributed by atoms with E-state index in [0.717, 1.165) is 19.4 Å². The summed E-state index contributed by atoms with van der Waals surface area (Å²) in [4.78, 5) is 15.9. The third-order valence-electron chi connectivity index (χ3n) is 5.94. The van der Waals surface area contributed by atoms with Gasteiger partial charge in [0.1, 0.15) is 5.60 Å². The van der Waals surface area contributed by atoms with Crippen LogP contribution in [0.2, 0.25) is 0 Å². The average Bonchev–Trinajstić information content (AvgIpc) is 2.85. The van der Waals surface area contributed by atoms with Crippen LogP contribution in [0, 0.1) is 0 Å². The van der Waals surface area contributed by atoms with Gasteiger partial charge in [-0.05, 0) is 57.4 Å². The van der Waals surface area contributed by atoms with Gasteiger partial charge in [-0.1, -0.05) is 24.6 Å². The summed E-state index contributed by atoms with van der Waals surface area (Å²) in [5, 5.41) is 0.440. The van der Waals surface area contributed by atoms with Gasteiger partial charge in [-0.25, -0.2) is 4.79 Å². The molecule has 4 heteroatoms. The molecule has 0 bridgehead atoms. The lowest BCUT2D eigenvalue weighted by Gasteiger charge is -2.45. The molecule has 3 heterocycles. The maximum Gasteiger partial charge on any atom is 0.331 e. The first-order valence-electron chi connectivity index (χ1n) is 8.99. The van der Waals surface area contributed by atoms with E-state index in [1.807, 2.05) is 11.8 Å². The summed E-state index contributed by atoms with van der Waals surface area (Å²) in [5.74, 6) is -0.156. The summed E-state index contributed by atoms with van der Waals surface area (Å²) in [6.45, 7) is 5.60. The van der Waals surface area contributed by atoms with Crippen molar-refractivity contribution in [3.8, 4) is 0 Å². The van der Waals surface area contributed by atoms with Crippen LogP contribution in [0.5, 0.6) is 0 Å². The maximum absolute atomic E-state index is 12.0. The lowest BCUT2D eigenvalue weighted by molar-refractivity contribution is -0.151. The topological polar surface area (TPSA) is 29.5 Å². The number of carbonyl (C=O) groups excluding carboxylic acids is 1. The van der Waals surface area contributed by atoms with Gasteiger partial charge >= 0.3 is 5.97 Å². The van der Waals surface area contributed by atoms with E-state index >= 15 is 0 Å². The van der Waals surface area contributed by atoms with Gasteiger partial charge in [0.2, 0.25) is 0 Å². The first-order valence-corrected chi connectivity index (χ1v) is 9.87. The second-order valence-corrected chi connectivity index (χ2v) is 8.67. The molecule has 24 heavy (non-hydrogen) atoms. The molecule has 4 rings (SSSR count). The molecule has 0 saturated carbocycles. The van der Waals surface area contributed by atoms with E-state index in [4.69, 9.17) is 4.74 Å². The fourth-order valence-electron chi connectivity index (χ4n) is 4.58. The Morgan fingerprint density at radius 1 is 1.25 bits per heavy atom. The number of fused-ring (bicyclic) bond motifs is 3. The van der Waals surface area contributed by atoms with E-state index in [2.05, 4.69) is 49.1 Å². The van der Waals surface area contributed by atoms with Gasteiger partial charge in [-0.2, -0.15) is 0 Å². The molecule has 3 nitrogen and oxygen atoms in total. The highest BCUT2D eigenvalue weighted by molar-refractivity contribution is 8.00. The molecule has 128 valence electrons. The van der Waals surface area contributed by atoms with Crippen LogP contribution in [0.4, 0.5) is 0 Å². The lowest BCUT2D eigenvalue weighted by atomic mass is 9.83. The molecule has 1 aromatic carbocycles. The van der Waals surface area contributed by atoms with Crippen molar-refractivity contribution in [2.75, 3.05) is 6.54 Å². The molecule has 3 aliphatic rings. The van der Waals surface area contributed by atoms with Crippen molar-refractivity contribution in [2.24, 2.45) is 0 Å². The summed E-state index contributed by atoms with van der Waals surface area (Å²) in [6, 6.07) is 11.4. The number of nitrogens with zero attached hydrogens (tertiary/aromatic N) is 1. The lowest BCUT2D eigenvalue weighted by Crippen LogP contribution is -2.56. The molecule has 3 aliphatic heterocycles. The van der Waals surface area contributed by atoms with Crippen molar-refractivity contribution >= 4 is 17.7 Å². The quantitative estimate of drug-likeness (QED) is 0.758. The van der Waals surface area contributed by atoms with E-state index in [9.17, 15) is 4.79 Å². The molecule has 2 unspecified atom stereocenters. The molecule has 1 aromatic rings. The number of hydrogen-bond donors (Lipinski definition) is 0. The van der Waals surface area contributed by atoms with Crippen LogP contribution in [0.1, 0.15) is 39.5 Å². The van der Waals surface area contributed by atoms with Gasteiger partial charge in [0.25, 0.3) is 0 Å². The summed E-state index contributed by atoms with van der Waals surface area (Å²) >= 11 is 1.94. The van der Waals surface area contributed by atoms with Gasteiger partial charge in [0.05, 0.1) is 6.04 Å². The fourth-order valence-corrected chi connectivity index (χ4v) is 5.86. The predicted molar refractivity (Wildman–Crippen MR) is 97.1 cm³/mol. The largest absolute Gasteiger partial charge is 0.450 e. The van der Waals surface area contributed by atoms with Crippen LogP contribution in [-0.4, -0.2) is 40.3 Å². The third-order valence-corrected chi connectivity index (χ3v) is 7.34. The summed E-state index contributed by atoms with van der Waals surface area (Å²) in [5.41, 5.74) is 0.764. The van der Waals surface area contributed by atoms with Crippen molar-refractivity contribution in [3.05, 3.63) is 42.0 Å². The molecule has 0 aliphatic carbocycles. The van der Waals surface area contributed by atoms with E-state index in [0.29, 0.717) is 17.3 Å². The van der Waals surface area contributed by atoms with Crippen LogP contribution in [-0.2, 0) is 9.53 Å². The Morgan fingerprint density at radius 2 is 2.04 bits per heavy atom. The van der Waals surface area contributed by atoms with Gasteiger partial charge in [-0.3, -0.25) is 4.90 Å². The Bertz CT molecular complexity index is 659. The predicted octanol–water partition coefficient (Wildman–Crippen LogP) is 4.04. The number of rotatable bonds is 2. The van der Waals surface area contributed by atoms with Gasteiger partial charge in [0, 0.05) is 22.3 Å². The van der Waals surface area contributed by atoms with E-state index in [-0.39, 0.29) is 5.97 Å². The Balaban J connectivity index is 1.69. The molecule has 0 N–H and O–H groups in total. The van der Waals surface area contributed by atoms with Gasteiger partial charge in [0.15, 0.2) is 0 Å². The Morgan fingerprint density at radius 3 is 2.83 bits per heavy atom. The minimum Gasteiger partial charge on any atom is -0.450 e. The number of hydrogen-bond acceptors (Lipinski definition) is 4. The summed E-state index contributed by atoms with van der Waals surface area (Å²) < 4.78 is 5.87. The maximum atomic E-state index is 12.0. The van der Waals surface area contributed by atoms with Crippen LogP contribution in [0.25, 0.3) is 0 Å². The second-order valence-electron chi connectivity index (χ2n) is 7.36. The third kappa shape index (κ3) is 2.70. The number of esters is 1. The highest BCUT2D eigenvalue weighted by atomic mass is 32.2. The molecular formula is C20H25NO2S. The molecule has 0 amide bonds. The highest BCUT2D eigenvalue weighted by Crippen LogP contribution is 2.47. The van der Waals surface area contributed by atoms with Crippen molar-refractivity contribution < 1.29 is 9.53 Å². The van der Waals surface area contributed by atoms with E-state index < -0.39 is 5.60 Å². The van der Waals surface area contributed by atoms with Gasteiger partial charge < -0.3 is 4.74 Å². The molecule has 4 atom stereocenters. The van der Waals surface area contributed by atoms with Crippen molar-refractivity contribution in [3.63, 3.8) is 0 Å². The Hall–Kier alpha value is -1.26. The number of piperidine rings is 1. The van der Waals surface area contributed by atoms with Crippen LogP contribution in [0.3, 0.4) is 0 Å². The highest BCUT2D eigenvalue weighted by Gasteiger charge is 2.53. The van der Waals surface area contributed by atoms with Crippen LogP contribution in [0.15, 0.2) is 46.9 Å². The minimum absolute atomic E-state index is 0.156. The zero-order valence-corrected chi connectivity index (χ0v) is 15.2. The molecule has 0 radical (unpaired) electrons. The second kappa shape index (κ2) is 6.23. The number of thioether (sulfide) groups is 1. The average molecular weight is 343 g/mol. The van der Waals surface area contributed by atoms with Crippen LogP contribution < -0.4 is 0 Å². The fraction of sp³-hybridized carbons (Fsp3) is 0.550. The first-order chi connectivity index (χ1) is 11.6. The Labute approximate surface area is 148 Å². The molecular weight excluding hydrogens is 318 g/mol. The van der Waals surface area contributed by atoms with Crippen molar-refractivity contribution in [1.29, 1.82) is 0 Å². The zero-order chi connectivity index (χ0) is 16.7. The van der Waals surface area contributed by atoms with E-state index in [1.54, 1.807) is 6.08 Å². The smallest absolute Gasteiger partial charge is 0.331 e. The van der Waals surface area contributed by atoms with Crippen molar-refractivity contribution in [1.82, 2.24) is 4.90 Å². The first kappa shape index (κ1) is 16.2. The SMILES string of the molecule is C[C@H]1C(Sc2ccccc2)CC2=CC(=O)O[C@]2(C)C2CCCCN21. The number of ether oxygens (including phenoxy) is 1. The molecule has 2 fully saturated rings. The Kier molecular flexibility index (Phi) is 4.21. The van der Waals surface area contributed by atoms with Crippen LogP contribution >= 0.6 is 11.8 Å². The number of benzene rings is 1. The zero-order valence-electron chi connectivity index (χ0n) is 14.4.